The van der Waals surface area contributed by atoms with Crippen LogP contribution in [0.3, 0.4) is 0 Å². The molecule has 1 aromatic carbocycles. The number of nitrogens with one attached hydrogen (secondary N) is 2. The summed E-state index contributed by atoms with van der Waals surface area (Å²) in [4.78, 5) is 16.9. The Kier molecular flexibility index (Phi) is 5.04. The van der Waals surface area contributed by atoms with Gasteiger partial charge in [0, 0.05) is 36.1 Å². The van der Waals surface area contributed by atoms with Crippen LogP contribution in [0, 0.1) is 11.7 Å². The zero-order chi connectivity index (χ0) is 21.6. The summed E-state index contributed by atoms with van der Waals surface area (Å²) in [5.41, 5.74) is 0.658. The number of fused-ring (bicyclic) bond motifs is 2. The smallest absolute Gasteiger partial charge is 0.272 e. The van der Waals surface area contributed by atoms with Crippen LogP contribution in [-0.4, -0.2) is 50.0 Å². The number of hydrogen-bond donors (Lipinski definition) is 3. The molecule has 2 bridgehead atoms. The van der Waals surface area contributed by atoms with Crippen LogP contribution in [-0.2, 0) is 0 Å². The summed E-state index contributed by atoms with van der Waals surface area (Å²) >= 11 is 5.66. The lowest BCUT2D eigenvalue weighted by atomic mass is 9.76. The van der Waals surface area contributed by atoms with E-state index in [0.29, 0.717) is 29.4 Å². The molecule has 6 rings (SSSR count). The number of rotatable bonds is 7. The highest BCUT2D eigenvalue weighted by Crippen LogP contribution is 2.52. The molecule has 2 atom stereocenters. The van der Waals surface area contributed by atoms with Crippen molar-refractivity contribution in [3.8, 4) is 5.75 Å². The topological polar surface area (TPSA) is 101 Å². The third-order valence-corrected chi connectivity index (χ3v) is 6.34. The van der Waals surface area contributed by atoms with E-state index in [9.17, 15) is 14.3 Å². The Labute approximate surface area is 182 Å². The molecular weight excluding hydrogens is 425 g/mol. The third kappa shape index (κ3) is 3.96. The standard InChI is InChI=1S/C21H21ClFN5O3/c22-14-3-2-13(6-15(14)23)31-11-19(29)25-17-10-21(8-12(17)9-21)26-20(30)16-7-18-24-4-1-5-28(18)27-16/h1-7,12,17,19,25,29H,8-11H2,(H,26,30)/t12?,17-,19?,21?/m0/s1. The highest BCUT2D eigenvalue weighted by Gasteiger charge is 2.57. The molecule has 0 saturated heterocycles. The number of amides is 1. The van der Waals surface area contributed by atoms with Crippen LogP contribution in [0.4, 0.5) is 4.39 Å². The van der Waals surface area contributed by atoms with Gasteiger partial charge in [-0.15, -0.1) is 0 Å². The fraction of sp³-hybridized carbons (Fsp3) is 0.381. The van der Waals surface area contributed by atoms with Gasteiger partial charge < -0.3 is 15.2 Å². The number of carbonyl (C=O) groups excluding carboxylic acids is 1. The van der Waals surface area contributed by atoms with Crippen molar-refractivity contribution in [1.29, 1.82) is 0 Å². The van der Waals surface area contributed by atoms with Crippen molar-refractivity contribution in [3.63, 3.8) is 0 Å². The van der Waals surface area contributed by atoms with Crippen LogP contribution in [0.25, 0.3) is 5.65 Å². The van der Waals surface area contributed by atoms with Gasteiger partial charge in [0.15, 0.2) is 11.3 Å². The number of aliphatic hydroxyl groups is 1. The monoisotopic (exact) mass is 445 g/mol. The van der Waals surface area contributed by atoms with E-state index in [2.05, 4.69) is 20.7 Å². The van der Waals surface area contributed by atoms with Crippen molar-refractivity contribution < 1.29 is 19.0 Å². The first-order chi connectivity index (χ1) is 14.9. The second-order valence-electron chi connectivity index (χ2n) is 8.23. The van der Waals surface area contributed by atoms with Crippen molar-refractivity contribution in [2.45, 2.75) is 37.1 Å². The normalized spacial score (nSPS) is 25.3. The van der Waals surface area contributed by atoms with E-state index in [1.165, 1.54) is 12.1 Å². The van der Waals surface area contributed by atoms with Crippen molar-refractivity contribution in [2.24, 2.45) is 5.92 Å². The molecule has 1 unspecified atom stereocenters. The summed E-state index contributed by atoms with van der Waals surface area (Å²) in [5, 5.41) is 20.9. The Morgan fingerprint density at radius 3 is 3.00 bits per heavy atom. The Bertz CT molecular complexity index is 1100. The predicted octanol–water partition coefficient (Wildman–Crippen LogP) is 2.16. The van der Waals surface area contributed by atoms with Gasteiger partial charge in [0.05, 0.1) is 5.02 Å². The number of nitrogens with zero attached hydrogens (tertiary/aromatic N) is 3. The van der Waals surface area contributed by atoms with Gasteiger partial charge in [0.25, 0.3) is 5.91 Å². The predicted molar refractivity (Wildman–Crippen MR) is 110 cm³/mol. The van der Waals surface area contributed by atoms with Gasteiger partial charge in [0.1, 0.15) is 24.4 Å². The highest BCUT2D eigenvalue weighted by atomic mass is 35.5. The summed E-state index contributed by atoms with van der Waals surface area (Å²) in [6, 6.07) is 7.60. The minimum absolute atomic E-state index is 0.0176. The van der Waals surface area contributed by atoms with Crippen LogP contribution in [0.15, 0.2) is 42.7 Å². The molecule has 1 amide bonds. The first-order valence-electron chi connectivity index (χ1n) is 10.1. The van der Waals surface area contributed by atoms with Gasteiger partial charge in [-0.2, -0.15) is 5.10 Å². The van der Waals surface area contributed by atoms with Gasteiger partial charge >= 0.3 is 0 Å². The number of aromatic nitrogens is 3. The average Bonchev–Trinajstić information content (AvgIpc) is 3.39. The lowest BCUT2D eigenvalue weighted by Crippen LogP contribution is -2.52. The molecule has 3 aliphatic rings. The number of ether oxygens (including phenoxy) is 1. The average molecular weight is 446 g/mol. The van der Waals surface area contributed by atoms with Crippen LogP contribution < -0.4 is 15.4 Å². The van der Waals surface area contributed by atoms with E-state index >= 15 is 0 Å². The minimum atomic E-state index is -0.916. The molecule has 3 aromatic rings. The molecule has 0 radical (unpaired) electrons. The highest BCUT2D eigenvalue weighted by molar-refractivity contribution is 6.30. The minimum Gasteiger partial charge on any atom is -0.489 e. The van der Waals surface area contributed by atoms with E-state index in [1.54, 1.807) is 35.1 Å². The van der Waals surface area contributed by atoms with Crippen LogP contribution >= 0.6 is 11.6 Å². The molecule has 0 spiro atoms. The van der Waals surface area contributed by atoms with E-state index in [0.717, 1.165) is 12.8 Å². The van der Waals surface area contributed by atoms with Crippen molar-refractivity contribution in [3.05, 3.63) is 59.3 Å². The lowest BCUT2D eigenvalue weighted by molar-refractivity contribution is 0.0625. The molecule has 3 N–H and O–H groups in total. The fourth-order valence-corrected chi connectivity index (χ4v) is 4.73. The molecule has 0 aliphatic heterocycles. The molecule has 2 heterocycles. The summed E-state index contributed by atoms with van der Waals surface area (Å²) < 4.78 is 20.5. The Morgan fingerprint density at radius 2 is 2.23 bits per heavy atom. The molecule has 3 aliphatic carbocycles. The Balaban J connectivity index is 1.14. The summed E-state index contributed by atoms with van der Waals surface area (Å²) in [6.07, 6.45) is 4.88. The van der Waals surface area contributed by atoms with Crippen molar-refractivity contribution in [1.82, 2.24) is 25.2 Å². The number of aliphatic hydroxyl groups excluding tert-OH is 1. The second-order valence-corrected chi connectivity index (χ2v) is 8.64. The maximum atomic E-state index is 13.5. The SMILES string of the molecule is O=C(NC12CC(C1)[C@@H](NC(O)COc1ccc(Cl)c(F)c1)C2)c1cc2ncccn2n1. The third-order valence-electron chi connectivity index (χ3n) is 6.04. The Hall–Kier alpha value is -2.75. The lowest BCUT2D eigenvalue weighted by Gasteiger charge is -2.39. The Morgan fingerprint density at radius 1 is 1.39 bits per heavy atom. The van der Waals surface area contributed by atoms with Gasteiger partial charge in [-0.25, -0.2) is 13.9 Å². The van der Waals surface area contributed by atoms with Gasteiger partial charge in [-0.1, -0.05) is 11.6 Å². The number of halogens is 2. The molecule has 162 valence electrons. The maximum absolute atomic E-state index is 13.5. The van der Waals surface area contributed by atoms with Gasteiger partial charge in [-0.3, -0.25) is 10.1 Å². The maximum Gasteiger partial charge on any atom is 0.272 e. The molecule has 8 nitrogen and oxygen atoms in total. The molecule has 10 heteroatoms. The van der Waals surface area contributed by atoms with Crippen molar-refractivity contribution in [2.75, 3.05) is 6.61 Å². The zero-order valence-corrected chi connectivity index (χ0v) is 17.2. The first kappa shape index (κ1) is 20.2. The quantitative estimate of drug-likeness (QED) is 0.482. The number of benzene rings is 1. The molecule has 3 fully saturated rings. The molecular formula is C21H21ClFN5O3. The second kappa shape index (κ2) is 7.74. The van der Waals surface area contributed by atoms with Gasteiger partial charge in [-0.05, 0) is 43.4 Å². The largest absolute Gasteiger partial charge is 0.489 e. The zero-order valence-electron chi connectivity index (χ0n) is 16.5. The van der Waals surface area contributed by atoms with E-state index < -0.39 is 12.0 Å². The molecule has 3 saturated carbocycles. The molecule has 31 heavy (non-hydrogen) atoms. The first-order valence-corrected chi connectivity index (χ1v) is 10.4. The van der Waals surface area contributed by atoms with E-state index in [-0.39, 0.29) is 29.1 Å². The number of carbonyl (C=O) groups is 1. The van der Waals surface area contributed by atoms with Crippen LogP contribution in [0.5, 0.6) is 5.75 Å². The summed E-state index contributed by atoms with van der Waals surface area (Å²) in [7, 11) is 0. The summed E-state index contributed by atoms with van der Waals surface area (Å²) in [6.45, 7) is -0.0299. The van der Waals surface area contributed by atoms with E-state index in [1.807, 2.05) is 0 Å². The van der Waals surface area contributed by atoms with E-state index in [4.69, 9.17) is 16.3 Å². The van der Waals surface area contributed by atoms with Gasteiger partial charge in [0.2, 0.25) is 0 Å². The van der Waals surface area contributed by atoms with Crippen LogP contribution in [0.1, 0.15) is 29.8 Å². The molecule has 2 aromatic heterocycles. The van der Waals surface area contributed by atoms with Crippen molar-refractivity contribution >= 4 is 23.2 Å². The van der Waals surface area contributed by atoms with Crippen LogP contribution in [0.2, 0.25) is 5.02 Å². The summed E-state index contributed by atoms with van der Waals surface area (Å²) in [5.74, 6) is -0.134. The fourth-order valence-electron chi connectivity index (χ4n) is 4.61. The number of hydrogen-bond acceptors (Lipinski definition) is 6.